The second kappa shape index (κ2) is 3.86. The van der Waals surface area contributed by atoms with Gasteiger partial charge in [-0.1, -0.05) is 37.1 Å². The molecule has 2 fully saturated rings. The Morgan fingerprint density at radius 2 is 1.76 bits per heavy atom. The fraction of sp³-hybridized carbons (Fsp3) is 0.647. The number of aryl methyl sites for hydroxylation is 1. The first-order chi connectivity index (χ1) is 8.43. The van der Waals surface area contributed by atoms with Gasteiger partial charge in [-0.2, -0.15) is 0 Å². The Balaban J connectivity index is 1.71. The van der Waals surface area contributed by atoms with Crippen LogP contribution < -0.4 is 0 Å². The van der Waals surface area contributed by atoms with Crippen molar-refractivity contribution >= 4 is 0 Å². The van der Waals surface area contributed by atoms with E-state index in [0.29, 0.717) is 0 Å². The molecule has 0 aliphatic heterocycles. The van der Waals surface area contributed by atoms with Crippen molar-refractivity contribution in [3.63, 3.8) is 0 Å². The lowest BCUT2D eigenvalue weighted by Gasteiger charge is -2.44. The second-order valence-electron chi connectivity index (χ2n) is 6.44. The van der Waals surface area contributed by atoms with Crippen LogP contribution in [0.5, 0.6) is 0 Å². The van der Waals surface area contributed by atoms with E-state index in [9.17, 15) is 0 Å². The molecule has 2 unspecified atom stereocenters. The first-order valence-corrected chi connectivity index (χ1v) is 7.51. The molecule has 0 nitrogen and oxygen atoms in total. The maximum atomic E-state index is 2.42. The lowest BCUT2D eigenvalue weighted by Crippen LogP contribution is -2.33. The molecule has 1 aromatic carbocycles. The molecule has 0 aromatic heterocycles. The monoisotopic (exact) mass is 226 g/mol. The van der Waals surface area contributed by atoms with Crippen molar-refractivity contribution in [1.82, 2.24) is 0 Å². The Morgan fingerprint density at radius 1 is 0.824 bits per heavy atom. The van der Waals surface area contributed by atoms with Gasteiger partial charge in [-0.05, 0) is 66.9 Å². The highest BCUT2D eigenvalue weighted by atomic mass is 14.5. The van der Waals surface area contributed by atoms with Gasteiger partial charge in [0, 0.05) is 0 Å². The Kier molecular flexibility index (Phi) is 2.31. The minimum absolute atomic E-state index is 0.916. The summed E-state index contributed by atoms with van der Waals surface area (Å²) in [4.78, 5) is 0. The molecular weight excluding hydrogens is 204 g/mol. The molecule has 4 atom stereocenters. The van der Waals surface area contributed by atoms with E-state index < -0.39 is 0 Å². The largest absolute Gasteiger partial charge is 0.0620 e. The maximum Gasteiger partial charge on any atom is -0.0128 e. The van der Waals surface area contributed by atoms with Crippen molar-refractivity contribution < 1.29 is 0 Å². The summed E-state index contributed by atoms with van der Waals surface area (Å²) in [6, 6.07) is 9.26. The van der Waals surface area contributed by atoms with Crippen molar-refractivity contribution in [3.05, 3.63) is 35.4 Å². The van der Waals surface area contributed by atoms with Gasteiger partial charge >= 0.3 is 0 Å². The molecule has 0 heterocycles. The topological polar surface area (TPSA) is 0 Å². The molecule has 0 amide bonds. The fourth-order valence-corrected chi connectivity index (χ4v) is 5.14. The lowest BCUT2D eigenvalue weighted by molar-refractivity contribution is 0.137. The molecule has 0 saturated heterocycles. The minimum Gasteiger partial charge on any atom is -0.0620 e. The fourth-order valence-electron chi connectivity index (χ4n) is 5.14. The molecule has 17 heavy (non-hydrogen) atoms. The molecule has 0 heteroatoms. The zero-order valence-corrected chi connectivity index (χ0v) is 10.6. The van der Waals surface area contributed by atoms with Gasteiger partial charge in [0.25, 0.3) is 0 Å². The van der Waals surface area contributed by atoms with Crippen LogP contribution in [-0.4, -0.2) is 0 Å². The van der Waals surface area contributed by atoms with E-state index in [1.54, 1.807) is 11.1 Å². The third-order valence-electron chi connectivity index (χ3n) is 5.83. The smallest absolute Gasteiger partial charge is 0.0128 e. The molecule has 0 N–H and O–H groups in total. The summed E-state index contributed by atoms with van der Waals surface area (Å²) in [5, 5.41) is 0. The zero-order chi connectivity index (χ0) is 11.2. The van der Waals surface area contributed by atoms with Crippen molar-refractivity contribution in [2.75, 3.05) is 0 Å². The van der Waals surface area contributed by atoms with Gasteiger partial charge in [-0.25, -0.2) is 0 Å². The normalized spacial score (nSPS) is 39.3. The summed E-state index contributed by atoms with van der Waals surface area (Å²) in [5.74, 6) is 4.13. The van der Waals surface area contributed by atoms with Crippen LogP contribution >= 0.6 is 0 Å². The predicted molar refractivity (Wildman–Crippen MR) is 71.1 cm³/mol. The summed E-state index contributed by atoms with van der Waals surface area (Å²) in [5.41, 5.74) is 3.37. The average molecular weight is 226 g/mol. The SMILES string of the molecule is c1ccc2c(c1)CC[C@@H]1C2CC[C@@H]2CCCC21. The van der Waals surface area contributed by atoms with Gasteiger partial charge in [-0.3, -0.25) is 0 Å². The summed E-state index contributed by atoms with van der Waals surface area (Å²) in [6.07, 6.45) is 10.4. The Hall–Kier alpha value is -0.780. The molecule has 3 aliphatic rings. The molecule has 0 radical (unpaired) electrons. The van der Waals surface area contributed by atoms with Crippen LogP contribution in [0.1, 0.15) is 55.6 Å². The zero-order valence-electron chi connectivity index (χ0n) is 10.6. The van der Waals surface area contributed by atoms with Gasteiger partial charge in [0.05, 0.1) is 0 Å². The van der Waals surface area contributed by atoms with E-state index in [-0.39, 0.29) is 0 Å². The van der Waals surface area contributed by atoms with Crippen LogP contribution in [-0.2, 0) is 6.42 Å². The van der Waals surface area contributed by atoms with E-state index >= 15 is 0 Å². The first kappa shape index (κ1) is 10.2. The van der Waals surface area contributed by atoms with E-state index in [0.717, 1.165) is 23.7 Å². The minimum atomic E-state index is 0.916. The molecule has 4 rings (SSSR count). The van der Waals surface area contributed by atoms with Crippen molar-refractivity contribution in [2.24, 2.45) is 17.8 Å². The molecule has 90 valence electrons. The van der Waals surface area contributed by atoms with E-state index in [1.165, 1.54) is 44.9 Å². The summed E-state index contributed by atoms with van der Waals surface area (Å²) in [6.45, 7) is 0. The molecule has 0 bridgehead atoms. The first-order valence-electron chi connectivity index (χ1n) is 7.51. The Morgan fingerprint density at radius 3 is 2.76 bits per heavy atom. The highest BCUT2D eigenvalue weighted by Gasteiger charge is 2.43. The van der Waals surface area contributed by atoms with Crippen molar-refractivity contribution in [2.45, 2.75) is 50.9 Å². The number of benzene rings is 1. The Labute approximate surface area is 104 Å². The molecule has 1 aromatic rings. The number of fused-ring (bicyclic) bond motifs is 5. The van der Waals surface area contributed by atoms with E-state index in [1.807, 2.05) is 0 Å². The van der Waals surface area contributed by atoms with Crippen molar-refractivity contribution in [3.8, 4) is 0 Å². The molecule has 3 aliphatic carbocycles. The van der Waals surface area contributed by atoms with Crippen LogP contribution in [0.25, 0.3) is 0 Å². The molecule has 2 saturated carbocycles. The summed E-state index contributed by atoms with van der Waals surface area (Å²) < 4.78 is 0. The Bertz CT molecular complexity index is 420. The maximum absolute atomic E-state index is 2.42. The highest BCUT2D eigenvalue weighted by molar-refractivity contribution is 5.34. The van der Waals surface area contributed by atoms with Crippen LogP contribution in [0.15, 0.2) is 24.3 Å². The van der Waals surface area contributed by atoms with Crippen LogP contribution in [0.2, 0.25) is 0 Å². The van der Waals surface area contributed by atoms with E-state index in [4.69, 9.17) is 0 Å². The average Bonchev–Trinajstić information content (AvgIpc) is 2.86. The predicted octanol–water partition coefficient (Wildman–Crippen LogP) is 4.54. The quantitative estimate of drug-likeness (QED) is 0.609. The molecule has 0 spiro atoms. The number of hydrogen-bond acceptors (Lipinski definition) is 0. The summed E-state index contributed by atoms with van der Waals surface area (Å²) >= 11 is 0. The van der Waals surface area contributed by atoms with Crippen LogP contribution in [0.4, 0.5) is 0 Å². The van der Waals surface area contributed by atoms with Gasteiger partial charge < -0.3 is 0 Å². The summed E-state index contributed by atoms with van der Waals surface area (Å²) in [7, 11) is 0. The third kappa shape index (κ3) is 1.49. The number of hydrogen-bond donors (Lipinski definition) is 0. The van der Waals surface area contributed by atoms with Crippen LogP contribution in [0, 0.1) is 17.8 Å². The second-order valence-corrected chi connectivity index (χ2v) is 6.44. The standard InChI is InChI=1S/C17H22/c1-2-6-14-12(4-1)8-10-17-15-7-3-5-13(15)9-11-16(14)17/h1-2,4,6,13,15-17H,3,5,7-11H2/t13-,15?,16?,17-/m0/s1. The highest BCUT2D eigenvalue weighted by Crippen LogP contribution is 2.54. The van der Waals surface area contributed by atoms with Crippen LogP contribution in [0.3, 0.4) is 0 Å². The van der Waals surface area contributed by atoms with Gasteiger partial charge in [0.2, 0.25) is 0 Å². The molecular formula is C17H22. The van der Waals surface area contributed by atoms with Gasteiger partial charge in [0.15, 0.2) is 0 Å². The van der Waals surface area contributed by atoms with E-state index in [2.05, 4.69) is 24.3 Å². The van der Waals surface area contributed by atoms with Crippen molar-refractivity contribution in [1.29, 1.82) is 0 Å². The van der Waals surface area contributed by atoms with Gasteiger partial charge in [-0.15, -0.1) is 0 Å². The third-order valence-corrected chi connectivity index (χ3v) is 5.83. The number of rotatable bonds is 0. The van der Waals surface area contributed by atoms with Gasteiger partial charge in [0.1, 0.15) is 0 Å². The lowest BCUT2D eigenvalue weighted by atomic mass is 9.61.